The lowest BCUT2D eigenvalue weighted by Crippen LogP contribution is -2.46. The van der Waals surface area contributed by atoms with Crippen molar-refractivity contribution in [2.24, 2.45) is 5.92 Å². The van der Waals surface area contributed by atoms with Gasteiger partial charge in [-0.15, -0.1) is 0 Å². The van der Waals surface area contributed by atoms with Crippen molar-refractivity contribution in [2.75, 3.05) is 11.9 Å². The predicted molar refractivity (Wildman–Crippen MR) is 113 cm³/mol. The van der Waals surface area contributed by atoms with Crippen molar-refractivity contribution in [3.05, 3.63) is 64.7 Å². The van der Waals surface area contributed by atoms with E-state index in [0.29, 0.717) is 11.3 Å². The molecule has 0 aromatic heterocycles. The molecule has 2 aromatic rings. The highest BCUT2D eigenvalue weighted by molar-refractivity contribution is 5.98. The van der Waals surface area contributed by atoms with Crippen molar-refractivity contribution >= 4 is 23.5 Å². The third-order valence-electron chi connectivity index (χ3n) is 4.82. The third-order valence-corrected chi connectivity index (χ3v) is 4.82. The fraction of sp³-hybridized carbons (Fsp3) is 0.348. The quantitative estimate of drug-likeness (QED) is 0.701. The van der Waals surface area contributed by atoms with Gasteiger partial charge in [0.15, 0.2) is 6.61 Å². The van der Waals surface area contributed by atoms with Gasteiger partial charge in [0.2, 0.25) is 0 Å². The lowest BCUT2D eigenvalue weighted by molar-refractivity contribution is -0.150. The topological polar surface area (TPSA) is 84.5 Å². The summed E-state index contributed by atoms with van der Waals surface area (Å²) in [6, 6.07) is 11.9. The zero-order valence-corrected chi connectivity index (χ0v) is 17.5. The van der Waals surface area contributed by atoms with Gasteiger partial charge in [-0.1, -0.05) is 44.2 Å². The Hall–Kier alpha value is -3.15. The van der Waals surface area contributed by atoms with Gasteiger partial charge in [0, 0.05) is 11.3 Å². The minimum absolute atomic E-state index is 0.197. The third kappa shape index (κ3) is 5.91. The summed E-state index contributed by atoms with van der Waals surface area (Å²) >= 11 is 0. The molecule has 0 saturated heterocycles. The largest absolute Gasteiger partial charge is 0.454 e. The summed E-state index contributed by atoms with van der Waals surface area (Å²) in [6.07, 6.45) is 0. The molecule has 6 heteroatoms. The maximum Gasteiger partial charge on any atom is 0.329 e. The second-order valence-corrected chi connectivity index (χ2v) is 7.41. The van der Waals surface area contributed by atoms with E-state index in [2.05, 4.69) is 10.6 Å². The molecular formula is C23H28N2O4. The molecule has 0 aliphatic heterocycles. The number of benzene rings is 2. The molecule has 0 spiro atoms. The van der Waals surface area contributed by atoms with E-state index in [1.807, 2.05) is 45.0 Å². The van der Waals surface area contributed by atoms with E-state index < -0.39 is 24.5 Å². The number of anilines is 1. The van der Waals surface area contributed by atoms with Crippen molar-refractivity contribution in [1.29, 1.82) is 0 Å². The van der Waals surface area contributed by atoms with Crippen LogP contribution in [0.1, 0.15) is 40.9 Å². The average molecular weight is 396 g/mol. The number of hydrogen-bond acceptors (Lipinski definition) is 4. The van der Waals surface area contributed by atoms with E-state index in [-0.39, 0.29) is 11.8 Å². The number of rotatable bonds is 7. The van der Waals surface area contributed by atoms with E-state index in [1.165, 1.54) is 0 Å². The summed E-state index contributed by atoms with van der Waals surface area (Å²) in [7, 11) is 0. The Balaban J connectivity index is 1.97. The Morgan fingerprint density at radius 2 is 1.59 bits per heavy atom. The summed E-state index contributed by atoms with van der Waals surface area (Å²) < 4.78 is 5.17. The van der Waals surface area contributed by atoms with Gasteiger partial charge in [-0.25, -0.2) is 4.79 Å². The number of nitrogens with one attached hydrogen (secondary N) is 2. The monoisotopic (exact) mass is 396 g/mol. The van der Waals surface area contributed by atoms with Crippen LogP contribution in [0, 0.1) is 26.7 Å². The fourth-order valence-electron chi connectivity index (χ4n) is 2.84. The average Bonchev–Trinajstić information content (AvgIpc) is 2.67. The van der Waals surface area contributed by atoms with E-state index >= 15 is 0 Å². The predicted octanol–water partition coefficient (Wildman–Crippen LogP) is 3.55. The summed E-state index contributed by atoms with van der Waals surface area (Å²) in [4.78, 5) is 37.2. The first-order valence-electron chi connectivity index (χ1n) is 9.60. The molecule has 0 aliphatic carbocycles. The molecule has 154 valence electrons. The van der Waals surface area contributed by atoms with Crippen LogP contribution in [0.15, 0.2) is 42.5 Å². The normalized spacial score (nSPS) is 11.7. The van der Waals surface area contributed by atoms with Gasteiger partial charge in [0.1, 0.15) is 6.04 Å². The molecule has 0 aliphatic rings. The van der Waals surface area contributed by atoms with Crippen LogP contribution in [-0.4, -0.2) is 30.4 Å². The summed E-state index contributed by atoms with van der Waals surface area (Å²) in [5, 5.41) is 5.46. The standard InChI is InChI=1S/C23H28N2O4/c1-14(2)21(25-22(27)18-11-7-6-9-16(18)4)23(28)29-13-20(26)24-19-12-8-10-15(3)17(19)5/h6-12,14,21H,13H2,1-5H3,(H,24,26)(H,25,27)/t21-/m0/s1. The van der Waals surface area contributed by atoms with Crippen LogP contribution in [0.2, 0.25) is 0 Å². The molecule has 0 radical (unpaired) electrons. The van der Waals surface area contributed by atoms with E-state index in [0.717, 1.165) is 16.7 Å². The van der Waals surface area contributed by atoms with E-state index in [9.17, 15) is 14.4 Å². The number of carbonyl (C=O) groups is 3. The SMILES string of the molecule is Cc1ccccc1C(=O)N[C@H](C(=O)OCC(=O)Nc1cccc(C)c1C)C(C)C. The molecule has 2 amide bonds. The second-order valence-electron chi connectivity index (χ2n) is 7.41. The van der Waals surface area contributed by atoms with E-state index in [1.54, 1.807) is 32.0 Å². The van der Waals surface area contributed by atoms with Gasteiger partial charge in [0.25, 0.3) is 11.8 Å². The highest BCUT2D eigenvalue weighted by Crippen LogP contribution is 2.18. The number of aryl methyl sites for hydroxylation is 2. The van der Waals surface area contributed by atoms with Crippen molar-refractivity contribution < 1.29 is 19.1 Å². The van der Waals surface area contributed by atoms with Crippen molar-refractivity contribution in [3.8, 4) is 0 Å². The number of esters is 1. The maximum atomic E-state index is 12.5. The van der Waals surface area contributed by atoms with Crippen LogP contribution in [0.5, 0.6) is 0 Å². The molecule has 1 atom stereocenters. The Morgan fingerprint density at radius 1 is 0.931 bits per heavy atom. The van der Waals surface area contributed by atoms with E-state index in [4.69, 9.17) is 4.74 Å². The van der Waals surface area contributed by atoms with Crippen LogP contribution in [0.4, 0.5) is 5.69 Å². The molecule has 29 heavy (non-hydrogen) atoms. The molecule has 0 heterocycles. The van der Waals surface area contributed by atoms with Crippen LogP contribution < -0.4 is 10.6 Å². The zero-order valence-electron chi connectivity index (χ0n) is 17.5. The van der Waals surface area contributed by atoms with Crippen LogP contribution in [-0.2, 0) is 14.3 Å². The van der Waals surface area contributed by atoms with Crippen LogP contribution in [0.25, 0.3) is 0 Å². The lowest BCUT2D eigenvalue weighted by Gasteiger charge is -2.21. The Morgan fingerprint density at radius 3 is 2.24 bits per heavy atom. The summed E-state index contributed by atoms with van der Waals surface area (Å²) in [5.74, 6) is -1.62. The first-order valence-corrected chi connectivity index (χ1v) is 9.60. The number of carbonyl (C=O) groups excluding carboxylic acids is 3. The van der Waals surface area contributed by atoms with Gasteiger partial charge in [0.05, 0.1) is 0 Å². The first-order chi connectivity index (χ1) is 13.7. The van der Waals surface area contributed by atoms with Gasteiger partial charge in [-0.3, -0.25) is 9.59 Å². The smallest absolute Gasteiger partial charge is 0.329 e. The van der Waals surface area contributed by atoms with Gasteiger partial charge in [-0.2, -0.15) is 0 Å². The minimum Gasteiger partial charge on any atom is -0.454 e. The molecular weight excluding hydrogens is 368 g/mol. The minimum atomic E-state index is -0.851. The molecule has 0 unspecified atom stereocenters. The van der Waals surface area contributed by atoms with Crippen molar-refractivity contribution in [2.45, 2.75) is 40.7 Å². The number of ether oxygens (including phenoxy) is 1. The number of amides is 2. The first kappa shape index (κ1) is 22.1. The Labute approximate surface area is 171 Å². The zero-order chi connectivity index (χ0) is 21.6. The molecule has 2 aromatic carbocycles. The molecule has 6 nitrogen and oxygen atoms in total. The molecule has 2 N–H and O–H groups in total. The van der Waals surface area contributed by atoms with Crippen LogP contribution in [0.3, 0.4) is 0 Å². The molecule has 0 fully saturated rings. The van der Waals surface area contributed by atoms with Gasteiger partial charge >= 0.3 is 5.97 Å². The van der Waals surface area contributed by atoms with Gasteiger partial charge < -0.3 is 15.4 Å². The molecule has 0 bridgehead atoms. The second kappa shape index (κ2) is 9.87. The van der Waals surface area contributed by atoms with Gasteiger partial charge in [-0.05, 0) is 55.5 Å². The Bertz CT molecular complexity index is 906. The fourth-order valence-corrected chi connectivity index (χ4v) is 2.84. The molecule has 2 rings (SSSR count). The summed E-state index contributed by atoms with van der Waals surface area (Å²) in [6.45, 7) is 8.88. The van der Waals surface area contributed by atoms with Crippen LogP contribution >= 0.6 is 0 Å². The van der Waals surface area contributed by atoms with Crippen molar-refractivity contribution in [1.82, 2.24) is 5.32 Å². The van der Waals surface area contributed by atoms with Crippen molar-refractivity contribution in [3.63, 3.8) is 0 Å². The highest BCUT2D eigenvalue weighted by Gasteiger charge is 2.27. The lowest BCUT2D eigenvalue weighted by atomic mass is 10.0. The number of hydrogen-bond donors (Lipinski definition) is 2. The summed E-state index contributed by atoms with van der Waals surface area (Å²) in [5.41, 5.74) is 4.00. The maximum absolute atomic E-state index is 12.5. The highest BCUT2D eigenvalue weighted by atomic mass is 16.5. The molecule has 0 saturated carbocycles. The Kier molecular flexibility index (Phi) is 7.53.